The summed E-state index contributed by atoms with van der Waals surface area (Å²) in [4.78, 5) is 26.9. The largest absolute Gasteiger partial charge is 0.487 e. The summed E-state index contributed by atoms with van der Waals surface area (Å²) in [6.07, 6.45) is 1.81. The van der Waals surface area contributed by atoms with Crippen LogP contribution in [0.3, 0.4) is 0 Å². The summed E-state index contributed by atoms with van der Waals surface area (Å²) in [6.45, 7) is 7.67. The molecule has 0 fully saturated rings. The number of nitrogens with zero attached hydrogens (tertiary/aromatic N) is 2. The topological polar surface area (TPSA) is 51.5 Å². The minimum atomic E-state index is -0.267. The summed E-state index contributed by atoms with van der Waals surface area (Å²) in [5, 5.41) is 0. The van der Waals surface area contributed by atoms with Crippen LogP contribution in [0.2, 0.25) is 0 Å². The van der Waals surface area contributed by atoms with E-state index >= 15 is 0 Å². The molecule has 22 heavy (non-hydrogen) atoms. The van der Waals surface area contributed by atoms with Crippen LogP contribution in [0.1, 0.15) is 49.8 Å². The van der Waals surface area contributed by atoms with Gasteiger partial charge in [-0.25, -0.2) is 0 Å². The van der Waals surface area contributed by atoms with E-state index in [1.54, 1.807) is 4.90 Å². The van der Waals surface area contributed by atoms with Crippen LogP contribution < -0.4 is 10.2 Å². The number of amides is 1. The van der Waals surface area contributed by atoms with Gasteiger partial charge in [-0.1, -0.05) is 13.3 Å². The van der Waals surface area contributed by atoms with Crippen LogP contribution in [0.25, 0.3) is 0 Å². The van der Waals surface area contributed by atoms with E-state index < -0.39 is 0 Å². The fraction of sp³-hybridized carbons (Fsp3) is 0.625. The fourth-order valence-electron chi connectivity index (χ4n) is 2.65. The van der Waals surface area contributed by atoms with Gasteiger partial charge in [0.2, 0.25) is 5.43 Å². The molecule has 122 valence electrons. The number of carbonyl (C=O) groups is 1. The van der Waals surface area contributed by atoms with E-state index in [4.69, 9.17) is 16.3 Å². The number of pyridine rings is 1. The molecule has 6 heteroatoms. The summed E-state index contributed by atoms with van der Waals surface area (Å²) in [5.41, 5.74) is 0.748. The SMILES string of the molecule is CCCCOc1c2n(c(CCl)cc1=O)CCN(C(C)C)C2=O. The Labute approximate surface area is 135 Å². The molecule has 1 aliphatic heterocycles. The first-order valence-electron chi connectivity index (χ1n) is 7.77. The summed E-state index contributed by atoms with van der Waals surface area (Å²) in [7, 11) is 0. The number of halogens is 1. The first-order chi connectivity index (χ1) is 10.5. The molecule has 0 saturated heterocycles. The predicted molar refractivity (Wildman–Crippen MR) is 86.8 cm³/mol. The molecule has 5 nitrogen and oxygen atoms in total. The van der Waals surface area contributed by atoms with Crippen molar-refractivity contribution in [3.63, 3.8) is 0 Å². The van der Waals surface area contributed by atoms with Crippen LogP contribution in [-0.2, 0) is 12.4 Å². The van der Waals surface area contributed by atoms with Gasteiger partial charge in [-0.15, -0.1) is 11.6 Å². The standard InChI is InChI=1S/C16H23ClN2O3/c1-4-5-8-22-15-13(20)9-12(10-17)19-7-6-18(11(2)3)16(21)14(15)19/h9,11H,4-8,10H2,1-3H3. The van der Waals surface area contributed by atoms with Crippen molar-refractivity contribution in [2.45, 2.75) is 52.1 Å². The lowest BCUT2D eigenvalue weighted by Gasteiger charge is -2.34. The van der Waals surface area contributed by atoms with Gasteiger partial charge >= 0.3 is 0 Å². The molecule has 0 aromatic carbocycles. The van der Waals surface area contributed by atoms with E-state index in [-0.39, 0.29) is 29.0 Å². The van der Waals surface area contributed by atoms with Crippen molar-refractivity contribution < 1.29 is 9.53 Å². The van der Waals surface area contributed by atoms with Gasteiger partial charge in [0.15, 0.2) is 11.4 Å². The number of fused-ring (bicyclic) bond motifs is 1. The molecule has 0 spiro atoms. The summed E-state index contributed by atoms with van der Waals surface area (Å²) in [5.74, 6) is 0.210. The number of hydrogen-bond acceptors (Lipinski definition) is 3. The van der Waals surface area contributed by atoms with Gasteiger partial charge in [-0.3, -0.25) is 9.59 Å². The Morgan fingerprint density at radius 1 is 1.32 bits per heavy atom. The van der Waals surface area contributed by atoms with Crippen molar-refractivity contribution in [3.05, 3.63) is 27.7 Å². The average molecular weight is 327 g/mol. The van der Waals surface area contributed by atoms with E-state index in [0.29, 0.717) is 31.1 Å². The van der Waals surface area contributed by atoms with Gasteiger partial charge in [0.25, 0.3) is 5.91 Å². The van der Waals surface area contributed by atoms with E-state index in [9.17, 15) is 9.59 Å². The molecule has 0 saturated carbocycles. The highest BCUT2D eigenvalue weighted by Crippen LogP contribution is 2.24. The molecule has 2 heterocycles. The second-order valence-electron chi connectivity index (χ2n) is 5.76. The molecule has 0 radical (unpaired) electrons. The van der Waals surface area contributed by atoms with Crippen LogP contribution in [-0.4, -0.2) is 34.6 Å². The fourth-order valence-corrected chi connectivity index (χ4v) is 2.87. The van der Waals surface area contributed by atoms with Crippen molar-refractivity contribution in [3.8, 4) is 5.75 Å². The maximum atomic E-state index is 12.8. The highest BCUT2D eigenvalue weighted by atomic mass is 35.5. The normalized spacial score (nSPS) is 14.4. The number of rotatable bonds is 6. The van der Waals surface area contributed by atoms with Crippen LogP contribution in [0.4, 0.5) is 0 Å². The first-order valence-corrected chi connectivity index (χ1v) is 8.31. The minimum absolute atomic E-state index is 0.0829. The number of hydrogen-bond donors (Lipinski definition) is 0. The highest BCUT2D eigenvalue weighted by molar-refractivity contribution is 6.17. The van der Waals surface area contributed by atoms with Gasteiger partial charge < -0.3 is 14.2 Å². The predicted octanol–water partition coefficient (Wildman–Crippen LogP) is 2.63. The van der Waals surface area contributed by atoms with Crippen LogP contribution >= 0.6 is 11.6 Å². The molecule has 2 rings (SSSR count). The van der Waals surface area contributed by atoms with E-state index in [2.05, 4.69) is 0 Å². The zero-order valence-electron chi connectivity index (χ0n) is 13.4. The Kier molecular flexibility index (Phi) is 5.51. The quantitative estimate of drug-likeness (QED) is 0.596. The number of ether oxygens (including phenoxy) is 1. The van der Waals surface area contributed by atoms with Crippen molar-refractivity contribution >= 4 is 17.5 Å². The number of aromatic nitrogens is 1. The number of unbranched alkanes of at least 4 members (excludes halogenated alkanes) is 1. The van der Waals surface area contributed by atoms with Crippen LogP contribution in [0.5, 0.6) is 5.75 Å². The monoisotopic (exact) mass is 326 g/mol. The zero-order chi connectivity index (χ0) is 16.3. The lowest BCUT2D eigenvalue weighted by atomic mass is 10.1. The molecule has 0 aliphatic carbocycles. The van der Waals surface area contributed by atoms with Crippen molar-refractivity contribution in [1.82, 2.24) is 9.47 Å². The molecule has 1 aliphatic rings. The molecular formula is C16H23ClN2O3. The first kappa shape index (κ1) is 16.9. The smallest absolute Gasteiger partial charge is 0.274 e. The van der Waals surface area contributed by atoms with Gasteiger partial charge in [-0.2, -0.15) is 0 Å². The third kappa shape index (κ3) is 3.14. The second-order valence-corrected chi connectivity index (χ2v) is 6.02. The Balaban J connectivity index is 2.51. The molecule has 0 unspecified atom stereocenters. The molecular weight excluding hydrogens is 304 g/mol. The number of alkyl halides is 1. The van der Waals surface area contributed by atoms with E-state index in [1.165, 1.54) is 6.07 Å². The molecule has 1 amide bonds. The maximum Gasteiger partial charge on any atom is 0.274 e. The van der Waals surface area contributed by atoms with Crippen LogP contribution in [0.15, 0.2) is 10.9 Å². The molecule has 1 aromatic rings. The second kappa shape index (κ2) is 7.18. The maximum absolute atomic E-state index is 12.8. The van der Waals surface area contributed by atoms with Crippen molar-refractivity contribution in [2.24, 2.45) is 0 Å². The Bertz CT molecular complexity index is 610. The highest BCUT2D eigenvalue weighted by Gasteiger charge is 2.31. The Morgan fingerprint density at radius 2 is 2.05 bits per heavy atom. The third-order valence-electron chi connectivity index (χ3n) is 3.89. The molecule has 0 bridgehead atoms. The third-order valence-corrected chi connectivity index (χ3v) is 4.16. The van der Waals surface area contributed by atoms with Gasteiger partial charge in [0.1, 0.15) is 0 Å². The van der Waals surface area contributed by atoms with Gasteiger partial charge in [-0.05, 0) is 20.3 Å². The Morgan fingerprint density at radius 3 is 2.64 bits per heavy atom. The summed E-state index contributed by atoms with van der Waals surface area (Å²) >= 11 is 5.94. The minimum Gasteiger partial charge on any atom is -0.487 e. The van der Waals surface area contributed by atoms with Crippen molar-refractivity contribution in [1.29, 1.82) is 0 Å². The van der Waals surface area contributed by atoms with E-state index in [1.807, 2.05) is 25.3 Å². The van der Waals surface area contributed by atoms with Gasteiger partial charge in [0, 0.05) is 30.9 Å². The molecule has 0 N–H and O–H groups in total. The number of carbonyl (C=O) groups excluding carboxylic acids is 1. The molecule has 1 aromatic heterocycles. The van der Waals surface area contributed by atoms with Crippen molar-refractivity contribution in [2.75, 3.05) is 13.2 Å². The Hall–Kier alpha value is -1.49. The average Bonchev–Trinajstić information content (AvgIpc) is 2.49. The lowest BCUT2D eigenvalue weighted by molar-refractivity contribution is 0.0637. The zero-order valence-corrected chi connectivity index (χ0v) is 14.2. The summed E-state index contributed by atoms with van der Waals surface area (Å²) < 4.78 is 7.48. The van der Waals surface area contributed by atoms with E-state index in [0.717, 1.165) is 12.8 Å². The van der Waals surface area contributed by atoms with Gasteiger partial charge in [0.05, 0.1) is 12.5 Å². The molecule has 0 atom stereocenters. The van der Waals surface area contributed by atoms with Crippen LogP contribution in [0, 0.1) is 0 Å². The lowest BCUT2D eigenvalue weighted by Crippen LogP contribution is -2.46. The summed E-state index contributed by atoms with van der Waals surface area (Å²) in [6, 6.07) is 1.57.